The van der Waals surface area contributed by atoms with Crippen molar-refractivity contribution in [3.05, 3.63) is 35.4 Å². The summed E-state index contributed by atoms with van der Waals surface area (Å²) in [6.07, 6.45) is 0. The van der Waals surface area contributed by atoms with Crippen molar-refractivity contribution >= 4 is 31.3 Å². The molecule has 0 fully saturated rings. The Morgan fingerprint density at radius 1 is 1.18 bits per heavy atom. The first kappa shape index (κ1) is 14.8. The van der Waals surface area contributed by atoms with Gasteiger partial charge in [-0.3, -0.25) is 0 Å². The van der Waals surface area contributed by atoms with Crippen LogP contribution in [-0.4, -0.2) is 14.2 Å². The Hall–Kier alpha value is -0.250. The van der Waals surface area contributed by atoms with Gasteiger partial charge in [0.15, 0.2) is 0 Å². The number of hydrogen-bond acceptors (Lipinski definition) is 2. The minimum Gasteiger partial charge on any atom is -0.212 e. The third kappa shape index (κ3) is 4.86. The second-order valence-electron chi connectivity index (χ2n) is 5.05. The molecular formula is C12H16Cl2O2S. The lowest BCUT2D eigenvalue weighted by molar-refractivity contribution is 0.589. The molecule has 2 nitrogen and oxygen atoms in total. The van der Waals surface area contributed by atoms with Gasteiger partial charge in [-0.05, 0) is 16.5 Å². The van der Waals surface area contributed by atoms with E-state index in [1.807, 2.05) is 24.3 Å². The van der Waals surface area contributed by atoms with Gasteiger partial charge in [-0.25, -0.2) is 8.42 Å². The standard InChI is InChI=1S/C12H16Cl2O2S/c1-12(2,3)10-6-4-9(5-7-10)11(13)8-17(14,15)16/h4-7,11H,8H2,1-3H3. The van der Waals surface area contributed by atoms with Gasteiger partial charge in [0.05, 0.1) is 11.1 Å². The van der Waals surface area contributed by atoms with Crippen LogP contribution in [0.3, 0.4) is 0 Å². The fourth-order valence-electron chi connectivity index (χ4n) is 1.46. The summed E-state index contributed by atoms with van der Waals surface area (Å²) in [5, 5.41) is -0.605. The van der Waals surface area contributed by atoms with E-state index in [1.165, 1.54) is 5.56 Å². The van der Waals surface area contributed by atoms with E-state index >= 15 is 0 Å². The Morgan fingerprint density at radius 2 is 1.65 bits per heavy atom. The van der Waals surface area contributed by atoms with Gasteiger partial charge in [0, 0.05) is 10.7 Å². The third-order valence-corrected chi connectivity index (χ3v) is 4.18. The molecule has 0 aliphatic rings. The van der Waals surface area contributed by atoms with Crippen molar-refractivity contribution < 1.29 is 8.42 Å². The number of hydrogen-bond donors (Lipinski definition) is 0. The van der Waals surface area contributed by atoms with Crippen molar-refractivity contribution in [1.82, 2.24) is 0 Å². The van der Waals surface area contributed by atoms with Gasteiger partial charge >= 0.3 is 0 Å². The summed E-state index contributed by atoms with van der Waals surface area (Å²) in [5.41, 5.74) is 2.02. The summed E-state index contributed by atoms with van der Waals surface area (Å²) < 4.78 is 21.8. The second-order valence-corrected chi connectivity index (χ2v) is 8.39. The zero-order valence-electron chi connectivity index (χ0n) is 10.1. The summed E-state index contributed by atoms with van der Waals surface area (Å²) in [5.74, 6) is -0.259. The Balaban J connectivity index is 2.88. The van der Waals surface area contributed by atoms with Crippen LogP contribution in [0, 0.1) is 0 Å². The molecule has 1 rings (SSSR count). The molecule has 1 atom stereocenters. The number of alkyl halides is 1. The molecule has 1 unspecified atom stereocenters. The summed E-state index contributed by atoms with van der Waals surface area (Å²) in [4.78, 5) is 0. The normalized spacial score (nSPS) is 14.6. The maximum Gasteiger partial charge on any atom is 0.234 e. The van der Waals surface area contributed by atoms with Gasteiger partial charge in [-0.2, -0.15) is 0 Å². The van der Waals surface area contributed by atoms with Gasteiger partial charge in [-0.1, -0.05) is 45.0 Å². The number of benzene rings is 1. The SMILES string of the molecule is CC(C)(C)c1ccc(C(Cl)CS(=O)(=O)Cl)cc1. The molecule has 0 heterocycles. The van der Waals surface area contributed by atoms with Crippen molar-refractivity contribution in [1.29, 1.82) is 0 Å². The Morgan fingerprint density at radius 3 is 2.00 bits per heavy atom. The molecule has 1 aromatic carbocycles. The van der Waals surface area contributed by atoms with Crippen molar-refractivity contribution in [2.24, 2.45) is 0 Å². The maximum absolute atomic E-state index is 10.9. The first-order valence-electron chi connectivity index (χ1n) is 5.26. The summed E-state index contributed by atoms with van der Waals surface area (Å²) in [6.45, 7) is 6.34. The molecule has 5 heteroatoms. The molecule has 0 spiro atoms. The third-order valence-electron chi connectivity index (χ3n) is 2.48. The molecule has 17 heavy (non-hydrogen) atoms. The second kappa shape index (κ2) is 5.17. The highest BCUT2D eigenvalue weighted by molar-refractivity contribution is 8.13. The van der Waals surface area contributed by atoms with Crippen LogP contribution in [0.15, 0.2) is 24.3 Å². The molecule has 0 aromatic heterocycles. The van der Waals surface area contributed by atoms with Gasteiger partial charge in [0.1, 0.15) is 0 Å². The van der Waals surface area contributed by atoms with Gasteiger partial charge in [0.25, 0.3) is 0 Å². The molecule has 0 N–H and O–H groups in total. The van der Waals surface area contributed by atoms with Crippen molar-refractivity contribution in [2.75, 3.05) is 5.75 Å². The van der Waals surface area contributed by atoms with Crippen LogP contribution in [0.25, 0.3) is 0 Å². The summed E-state index contributed by atoms with van der Waals surface area (Å²) in [6, 6.07) is 7.62. The quantitative estimate of drug-likeness (QED) is 0.627. The zero-order valence-corrected chi connectivity index (χ0v) is 12.4. The van der Waals surface area contributed by atoms with E-state index in [0.29, 0.717) is 0 Å². The smallest absolute Gasteiger partial charge is 0.212 e. The lowest BCUT2D eigenvalue weighted by Gasteiger charge is -2.19. The largest absolute Gasteiger partial charge is 0.234 e. The molecule has 0 aliphatic carbocycles. The molecular weight excluding hydrogens is 279 g/mol. The summed E-state index contributed by atoms with van der Waals surface area (Å²) in [7, 11) is 1.60. The summed E-state index contributed by atoms with van der Waals surface area (Å²) >= 11 is 5.99. The molecule has 0 saturated carbocycles. The Kier molecular flexibility index (Phi) is 4.50. The van der Waals surface area contributed by atoms with Crippen LogP contribution in [0.4, 0.5) is 0 Å². The Labute approximate surface area is 112 Å². The van der Waals surface area contributed by atoms with E-state index in [0.717, 1.165) is 5.56 Å². The van der Waals surface area contributed by atoms with Gasteiger partial charge in [0.2, 0.25) is 9.05 Å². The first-order valence-corrected chi connectivity index (χ1v) is 8.18. The lowest BCUT2D eigenvalue weighted by Crippen LogP contribution is -2.11. The van der Waals surface area contributed by atoms with E-state index in [1.54, 1.807) is 0 Å². The Bertz CT molecular complexity index is 472. The first-order chi connectivity index (χ1) is 7.59. The minimum atomic E-state index is -3.57. The monoisotopic (exact) mass is 294 g/mol. The van der Waals surface area contributed by atoms with E-state index < -0.39 is 14.4 Å². The van der Waals surface area contributed by atoms with Crippen molar-refractivity contribution in [3.8, 4) is 0 Å². The van der Waals surface area contributed by atoms with Crippen LogP contribution in [-0.2, 0) is 14.5 Å². The number of halogens is 2. The van der Waals surface area contributed by atoms with E-state index in [9.17, 15) is 8.42 Å². The number of rotatable bonds is 3. The van der Waals surface area contributed by atoms with Crippen LogP contribution >= 0.6 is 22.3 Å². The van der Waals surface area contributed by atoms with E-state index in [-0.39, 0.29) is 11.2 Å². The van der Waals surface area contributed by atoms with Crippen LogP contribution in [0.5, 0.6) is 0 Å². The zero-order chi connectivity index (χ0) is 13.3. The molecule has 1 aromatic rings. The average Bonchev–Trinajstić information content (AvgIpc) is 2.14. The predicted molar refractivity (Wildman–Crippen MR) is 73.4 cm³/mol. The minimum absolute atomic E-state index is 0.0684. The van der Waals surface area contributed by atoms with E-state index in [4.69, 9.17) is 22.3 Å². The highest BCUT2D eigenvalue weighted by atomic mass is 35.7. The van der Waals surface area contributed by atoms with Crippen molar-refractivity contribution in [2.45, 2.75) is 31.6 Å². The van der Waals surface area contributed by atoms with Crippen LogP contribution in [0.1, 0.15) is 37.3 Å². The maximum atomic E-state index is 10.9. The van der Waals surface area contributed by atoms with Crippen LogP contribution in [0.2, 0.25) is 0 Å². The molecule has 0 aliphatic heterocycles. The average molecular weight is 295 g/mol. The molecule has 0 amide bonds. The molecule has 96 valence electrons. The van der Waals surface area contributed by atoms with Crippen molar-refractivity contribution in [3.63, 3.8) is 0 Å². The molecule has 0 radical (unpaired) electrons. The fraction of sp³-hybridized carbons (Fsp3) is 0.500. The van der Waals surface area contributed by atoms with Crippen LogP contribution < -0.4 is 0 Å². The van der Waals surface area contributed by atoms with Gasteiger partial charge in [-0.15, -0.1) is 11.6 Å². The molecule has 0 saturated heterocycles. The predicted octanol–water partition coefficient (Wildman–Crippen LogP) is 3.83. The molecule has 0 bridgehead atoms. The lowest BCUT2D eigenvalue weighted by atomic mass is 9.86. The van der Waals surface area contributed by atoms with Gasteiger partial charge < -0.3 is 0 Å². The highest BCUT2D eigenvalue weighted by Crippen LogP contribution is 2.27. The highest BCUT2D eigenvalue weighted by Gasteiger charge is 2.18. The van der Waals surface area contributed by atoms with E-state index in [2.05, 4.69) is 20.8 Å². The topological polar surface area (TPSA) is 34.1 Å². The fourth-order valence-corrected chi connectivity index (χ4v) is 3.22.